The predicted molar refractivity (Wildman–Crippen MR) is 83.7 cm³/mol. The van der Waals surface area contributed by atoms with Gasteiger partial charge in [0.1, 0.15) is 17.3 Å². The van der Waals surface area contributed by atoms with Crippen LogP contribution >= 0.6 is 0 Å². The largest absolute Gasteiger partial charge is 0.492 e. The standard InChI is InChI=1S/C17H24N2O2/c1-5-7-19-17(16-8-12(3)21-13(16)4)14-9-15(20-6-2)11-18-10-14/h8-11,17,19H,5-7H2,1-4H3. The summed E-state index contributed by atoms with van der Waals surface area (Å²) in [5.41, 5.74) is 2.26. The molecule has 0 aliphatic heterocycles. The maximum Gasteiger partial charge on any atom is 0.137 e. The Balaban J connectivity index is 2.35. The molecule has 1 unspecified atom stereocenters. The average molecular weight is 288 g/mol. The van der Waals surface area contributed by atoms with Crippen molar-refractivity contribution in [2.45, 2.75) is 40.2 Å². The van der Waals surface area contributed by atoms with E-state index in [0.717, 1.165) is 41.4 Å². The van der Waals surface area contributed by atoms with E-state index in [1.807, 2.05) is 33.0 Å². The predicted octanol–water partition coefficient (Wildman–Crippen LogP) is 3.78. The van der Waals surface area contributed by atoms with Crippen LogP contribution in [0.3, 0.4) is 0 Å². The fourth-order valence-corrected chi connectivity index (χ4v) is 2.47. The van der Waals surface area contributed by atoms with Gasteiger partial charge in [-0.25, -0.2) is 0 Å². The molecule has 0 aliphatic carbocycles. The van der Waals surface area contributed by atoms with Gasteiger partial charge in [-0.2, -0.15) is 0 Å². The number of furan rings is 1. The molecule has 0 aromatic carbocycles. The molecule has 0 aliphatic rings. The second-order valence-corrected chi connectivity index (χ2v) is 5.14. The van der Waals surface area contributed by atoms with Crippen LogP contribution in [0.1, 0.15) is 49.0 Å². The number of rotatable bonds is 7. The second kappa shape index (κ2) is 7.27. The molecular formula is C17H24N2O2. The first-order chi connectivity index (χ1) is 10.2. The highest BCUT2D eigenvalue weighted by atomic mass is 16.5. The van der Waals surface area contributed by atoms with E-state index in [1.165, 1.54) is 0 Å². The van der Waals surface area contributed by atoms with Crippen molar-refractivity contribution in [2.24, 2.45) is 0 Å². The molecule has 2 aromatic heterocycles. The van der Waals surface area contributed by atoms with Crippen LogP contribution in [0, 0.1) is 13.8 Å². The monoisotopic (exact) mass is 288 g/mol. The lowest BCUT2D eigenvalue weighted by atomic mass is 10.00. The van der Waals surface area contributed by atoms with Crippen molar-refractivity contribution >= 4 is 0 Å². The van der Waals surface area contributed by atoms with Crippen LogP contribution in [0.25, 0.3) is 0 Å². The summed E-state index contributed by atoms with van der Waals surface area (Å²) < 4.78 is 11.2. The Hall–Kier alpha value is -1.81. The molecule has 0 fully saturated rings. The van der Waals surface area contributed by atoms with Gasteiger partial charge in [-0.15, -0.1) is 0 Å². The maximum atomic E-state index is 5.68. The Kier molecular flexibility index (Phi) is 5.39. The number of hydrogen-bond acceptors (Lipinski definition) is 4. The van der Waals surface area contributed by atoms with E-state index in [0.29, 0.717) is 6.61 Å². The zero-order valence-electron chi connectivity index (χ0n) is 13.3. The quantitative estimate of drug-likeness (QED) is 0.842. The fourth-order valence-electron chi connectivity index (χ4n) is 2.47. The highest BCUT2D eigenvalue weighted by Gasteiger charge is 2.19. The highest BCUT2D eigenvalue weighted by Crippen LogP contribution is 2.28. The van der Waals surface area contributed by atoms with E-state index in [1.54, 1.807) is 6.20 Å². The van der Waals surface area contributed by atoms with Gasteiger partial charge in [-0.05, 0) is 51.4 Å². The lowest BCUT2D eigenvalue weighted by Gasteiger charge is -2.19. The van der Waals surface area contributed by atoms with E-state index in [-0.39, 0.29) is 6.04 Å². The number of nitrogens with zero attached hydrogens (tertiary/aromatic N) is 1. The Morgan fingerprint density at radius 3 is 2.67 bits per heavy atom. The molecular weight excluding hydrogens is 264 g/mol. The van der Waals surface area contributed by atoms with Gasteiger partial charge in [0.05, 0.1) is 18.8 Å². The van der Waals surface area contributed by atoms with Crippen molar-refractivity contribution in [3.05, 3.63) is 47.2 Å². The van der Waals surface area contributed by atoms with E-state index in [9.17, 15) is 0 Å². The van der Waals surface area contributed by atoms with Gasteiger partial charge in [-0.1, -0.05) is 6.92 Å². The molecule has 2 aromatic rings. The highest BCUT2D eigenvalue weighted by molar-refractivity contribution is 5.36. The van der Waals surface area contributed by atoms with Gasteiger partial charge in [0, 0.05) is 11.8 Å². The Labute approximate surface area is 126 Å². The van der Waals surface area contributed by atoms with Crippen LogP contribution in [0.2, 0.25) is 0 Å². The number of ether oxygens (including phenoxy) is 1. The molecule has 0 spiro atoms. The average Bonchev–Trinajstić information content (AvgIpc) is 2.79. The number of aromatic nitrogens is 1. The third-order valence-electron chi connectivity index (χ3n) is 3.37. The van der Waals surface area contributed by atoms with Gasteiger partial charge in [-0.3, -0.25) is 4.98 Å². The molecule has 2 rings (SSSR count). The molecule has 4 nitrogen and oxygen atoms in total. The summed E-state index contributed by atoms with van der Waals surface area (Å²) in [5, 5.41) is 3.57. The molecule has 0 amide bonds. The van der Waals surface area contributed by atoms with Crippen LogP contribution in [0.15, 0.2) is 28.9 Å². The summed E-state index contributed by atoms with van der Waals surface area (Å²) in [5.74, 6) is 2.68. The minimum Gasteiger partial charge on any atom is -0.492 e. The Morgan fingerprint density at radius 2 is 2.05 bits per heavy atom. The molecule has 4 heteroatoms. The number of aryl methyl sites for hydroxylation is 2. The summed E-state index contributed by atoms with van der Waals surface area (Å²) in [6.45, 7) is 9.69. The summed E-state index contributed by atoms with van der Waals surface area (Å²) in [6.07, 6.45) is 4.71. The van der Waals surface area contributed by atoms with E-state index in [4.69, 9.17) is 9.15 Å². The lowest BCUT2D eigenvalue weighted by molar-refractivity contribution is 0.338. The Morgan fingerprint density at radius 1 is 1.24 bits per heavy atom. The smallest absolute Gasteiger partial charge is 0.137 e. The molecule has 0 saturated heterocycles. The van der Waals surface area contributed by atoms with Gasteiger partial charge < -0.3 is 14.5 Å². The van der Waals surface area contributed by atoms with E-state index in [2.05, 4.69) is 23.3 Å². The molecule has 1 atom stereocenters. The van der Waals surface area contributed by atoms with Gasteiger partial charge in [0.25, 0.3) is 0 Å². The Bertz CT molecular complexity index is 578. The first-order valence-corrected chi connectivity index (χ1v) is 7.53. The van der Waals surface area contributed by atoms with Crippen LogP contribution in [-0.2, 0) is 0 Å². The van der Waals surface area contributed by atoms with Gasteiger partial charge in [0.15, 0.2) is 0 Å². The molecule has 2 heterocycles. The molecule has 0 bridgehead atoms. The van der Waals surface area contributed by atoms with Crippen molar-refractivity contribution < 1.29 is 9.15 Å². The number of pyridine rings is 1. The molecule has 1 N–H and O–H groups in total. The van der Waals surface area contributed by atoms with Crippen LogP contribution in [-0.4, -0.2) is 18.1 Å². The first kappa shape index (κ1) is 15.6. The van der Waals surface area contributed by atoms with Crippen molar-refractivity contribution in [1.82, 2.24) is 10.3 Å². The molecule has 0 radical (unpaired) electrons. The van der Waals surface area contributed by atoms with Crippen molar-refractivity contribution in [2.75, 3.05) is 13.2 Å². The van der Waals surface area contributed by atoms with E-state index >= 15 is 0 Å². The molecule has 21 heavy (non-hydrogen) atoms. The lowest BCUT2D eigenvalue weighted by Crippen LogP contribution is -2.23. The molecule has 0 saturated carbocycles. The number of hydrogen-bond donors (Lipinski definition) is 1. The molecule has 114 valence electrons. The summed E-state index contributed by atoms with van der Waals surface area (Å²) in [7, 11) is 0. The minimum atomic E-state index is 0.0790. The van der Waals surface area contributed by atoms with Gasteiger partial charge in [0.2, 0.25) is 0 Å². The topological polar surface area (TPSA) is 47.3 Å². The zero-order chi connectivity index (χ0) is 15.2. The summed E-state index contributed by atoms with van der Waals surface area (Å²) in [6, 6.07) is 4.22. The normalized spacial score (nSPS) is 12.4. The third-order valence-corrected chi connectivity index (χ3v) is 3.37. The first-order valence-electron chi connectivity index (χ1n) is 7.53. The van der Waals surface area contributed by atoms with Crippen molar-refractivity contribution in [3.63, 3.8) is 0 Å². The van der Waals surface area contributed by atoms with E-state index < -0.39 is 0 Å². The zero-order valence-corrected chi connectivity index (χ0v) is 13.3. The second-order valence-electron chi connectivity index (χ2n) is 5.14. The van der Waals surface area contributed by atoms with Crippen molar-refractivity contribution in [3.8, 4) is 5.75 Å². The maximum absolute atomic E-state index is 5.68. The summed E-state index contributed by atoms with van der Waals surface area (Å²) >= 11 is 0. The fraction of sp³-hybridized carbons (Fsp3) is 0.471. The number of nitrogens with one attached hydrogen (secondary N) is 1. The van der Waals surface area contributed by atoms with Crippen LogP contribution in [0.4, 0.5) is 0 Å². The third kappa shape index (κ3) is 3.85. The van der Waals surface area contributed by atoms with Crippen LogP contribution < -0.4 is 10.1 Å². The SMILES string of the molecule is CCCNC(c1cncc(OCC)c1)c1cc(C)oc1C. The van der Waals surface area contributed by atoms with Crippen molar-refractivity contribution in [1.29, 1.82) is 0 Å². The van der Waals surface area contributed by atoms with Crippen LogP contribution in [0.5, 0.6) is 5.75 Å². The minimum absolute atomic E-state index is 0.0790. The van der Waals surface area contributed by atoms with Gasteiger partial charge >= 0.3 is 0 Å². The summed E-state index contributed by atoms with van der Waals surface area (Å²) in [4.78, 5) is 4.30.